The minimum atomic E-state index is -0.303. The lowest BCUT2D eigenvalue weighted by atomic mass is 10.0. The van der Waals surface area contributed by atoms with Gasteiger partial charge in [0.25, 0.3) is 0 Å². The third kappa shape index (κ3) is 3.74. The molecule has 2 aromatic rings. The molecule has 0 aliphatic carbocycles. The van der Waals surface area contributed by atoms with Crippen LogP contribution in [0.3, 0.4) is 0 Å². The molecule has 0 spiro atoms. The van der Waals surface area contributed by atoms with Gasteiger partial charge in [0.2, 0.25) is 5.91 Å². The number of rotatable bonds is 6. The number of aliphatic imine (C=N–C) groups is 1. The Morgan fingerprint density at radius 2 is 2.08 bits per heavy atom. The van der Waals surface area contributed by atoms with E-state index in [1.165, 1.54) is 6.07 Å². The quantitative estimate of drug-likeness (QED) is 0.689. The number of carbonyl (C=O) groups excluding carboxylic acids is 1. The van der Waals surface area contributed by atoms with E-state index in [2.05, 4.69) is 11.9 Å². The standard InChI is InChI=1S/C22H23FN2O/c1-3-11-24-14-16(4-2)17-9-10-19(20(23)12-17)15-25-21-8-6-5-7-18(21)13-22(25)26/h4-10,12,14H,3,11,13,15H2,1-2H3/b16-4+,24-14?. The molecule has 0 unspecified atom stereocenters. The van der Waals surface area contributed by atoms with Crippen LogP contribution in [0.15, 0.2) is 53.5 Å². The van der Waals surface area contributed by atoms with Gasteiger partial charge in [-0.3, -0.25) is 9.79 Å². The smallest absolute Gasteiger partial charge is 0.231 e. The van der Waals surface area contributed by atoms with E-state index in [0.717, 1.165) is 35.4 Å². The zero-order valence-corrected chi connectivity index (χ0v) is 15.2. The van der Waals surface area contributed by atoms with Crippen molar-refractivity contribution in [3.05, 3.63) is 71.0 Å². The first-order valence-corrected chi connectivity index (χ1v) is 8.97. The fraction of sp³-hybridized carbons (Fsp3) is 0.273. The van der Waals surface area contributed by atoms with Crippen molar-refractivity contribution < 1.29 is 9.18 Å². The number of fused-ring (bicyclic) bond motifs is 1. The van der Waals surface area contributed by atoms with Crippen molar-refractivity contribution in [2.45, 2.75) is 33.2 Å². The Morgan fingerprint density at radius 3 is 2.81 bits per heavy atom. The Morgan fingerprint density at radius 1 is 1.27 bits per heavy atom. The molecular weight excluding hydrogens is 327 g/mol. The maximum atomic E-state index is 14.7. The van der Waals surface area contributed by atoms with Crippen molar-refractivity contribution in [3.8, 4) is 0 Å². The van der Waals surface area contributed by atoms with E-state index in [-0.39, 0.29) is 18.3 Å². The van der Waals surface area contributed by atoms with E-state index in [4.69, 9.17) is 0 Å². The average molecular weight is 350 g/mol. The third-order valence-electron chi connectivity index (χ3n) is 4.53. The average Bonchev–Trinajstić information content (AvgIpc) is 2.96. The van der Waals surface area contributed by atoms with Crippen LogP contribution in [0.1, 0.15) is 37.0 Å². The van der Waals surface area contributed by atoms with Gasteiger partial charge in [-0.05, 0) is 42.2 Å². The van der Waals surface area contributed by atoms with Crippen LogP contribution in [0.2, 0.25) is 0 Å². The zero-order valence-electron chi connectivity index (χ0n) is 15.2. The van der Waals surface area contributed by atoms with Gasteiger partial charge in [-0.1, -0.05) is 43.3 Å². The molecule has 0 radical (unpaired) electrons. The Labute approximate surface area is 153 Å². The third-order valence-corrected chi connectivity index (χ3v) is 4.53. The molecule has 0 saturated heterocycles. The number of hydrogen-bond donors (Lipinski definition) is 0. The molecule has 0 atom stereocenters. The summed E-state index contributed by atoms with van der Waals surface area (Å²) in [6, 6.07) is 12.8. The molecule has 4 heteroatoms. The van der Waals surface area contributed by atoms with Crippen molar-refractivity contribution in [3.63, 3.8) is 0 Å². The van der Waals surface area contributed by atoms with Crippen molar-refractivity contribution in [1.82, 2.24) is 0 Å². The van der Waals surface area contributed by atoms with E-state index in [1.54, 1.807) is 17.2 Å². The maximum absolute atomic E-state index is 14.7. The molecule has 1 aliphatic rings. The lowest BCUT2D eigenvalue weighted by Crippen LogP contribution is -2.26. The van der Waals surface area contributed by atoms with Gasteiger partial charge in [0.1, 0.15) is 5.82 Å². The second-order valence-corrected chi connectivity index (χ2v) is 6.37. The van der Waals surface area contributed by atoms with Crippen molar-refractivity contribution >= 4 is 23.4 Å². The molecule has 0 aromatic heterocycles. The Bertz CT molecular complexity index is 870. The van der Waals surface area contributed by atoms with Gasteiger partial charge >= 0.3 is 0 Å². The molecule has 1 aliphatic heterocycles. The van der Waals surface area contributed by atoms with Crippen LogP contribution >= 0.6 is 0 Å². The molecule has 3 nitrogen and oxygen atoms in total. The number of hydrogen-bond acceptors (Lipinski definition) is 2. The zero-order chi connectivity index (χ0) is 18.5. The lowest BCUT2D eigenvalue weighted by Gasteiger charge is -2.18. The maximum Gasteiger partial charge on any atom is 0.231 e. The summed E-state index contributed by atoms with van der Waals surface area (Å²) in [5.74, 6) is -0.293. The highest BCUT2D eigenvalue weighted by Crippen LogP contribution is 2.30. The van der Waals surface area contributed by atoms with Crippen LogP contribution < -0.4 is 4.90 Å². The predicted molar refractivity (Wildman–Crippen MR) is 105 cm³/mol. The number of amides is 1. The fourth-order valence-corrected chi connectivity index (χ4v) is 3.12. The summed E-state index contributed by atoms with van der Waals surface area (Å²) in [6.07, 6.45) is 5.07. The second kappa shape index (κ2) is 8.09. The highest BCUT2D eigenvalue weighted by molar-refractivity contribution is 6.09. The lowest BCUT2D eigenvalue weighted by molar-refractivity contribution is -0.117. The summed E-state index contributed by atoms with van der Waals surface area (Å²) in [6.45, 7) is 4.99. The second-order valence-electron chi connectivity index (χ2n) is 6.37. The SMILES string of the molecule is C/C=C(\C=NCCC)c1ccc(CN2C(=O)Cc3ccccc32)c(F)c1. The highest BCUT2D eigenvalue weighted by Gasteiger charge is 2.27. The van der Waals surface area contributed by atoms with Gasteiger partial charge < -0.3 is 4.90 Å². The molecule has 26 heavy (non-hydrogen) atoms. The molecule has 0 fully saturated rings. The number of halogens is 1. The molecular formula is C22H23FN2O. The van der Waals surface area contributed by atoms with Crippen LogP contribution in [-0.4, -0.2) is 18.7 Å². The van der Waals surface area contributed by atoms with Gasteiger partial charge in [0.05, 0.1) is 13.0 Å². The highest BCUT2D eigenvalue weighted by atomic mass is 19.1. The van der Waals surface area contributed by atoms with Gasteiger partial charge in [-0.15, -0.1) is 0 Å². The monoisotopic (exact) mass is 350 g/mol. The summed E-state index contributed by atoms with van der Waals surface area (Å²) < 4.78 is 14.7. The Balaban J connectivity index is 1.82. The van der Waals surface area contributed by atoms with Gasteiger partial charge in [0, 0.05) is 24.0 Å². The van der Waals surface area contributed by atoms with Crippen molar-refractivity contribution in [2.75, 3.05) is 11.4 Å². The number of nitrogens with zero attached hydrogens (tertiary/aromatic N) is 2. The number of benzene rings is 2. The van der Waals surface area contributed by atoms with Crippen LogP contribution in [0.4, 0.5) is 10.1 Å². The topological polar surface area (TPSA) is 32.7 Å². The van der Waals surface area contributed by atoms with E-state index in [9.17, 15) is 9.18 Å². The van der Waals surface area contributed by atoms with Crippen LogP contribution in [0.5, 0.6) is 0 Å². The summed E-state index contributed by atoms with van der Waals surface area (Å²) in [5.41, 5.74) is 4.08. The molecule has 1 amide bonds. The molecule has 1 heterocycles. The minimum Gasteiger partial charge on any atom is -0.307 e. The van der Waals surface area contributed by atoms with E-state index in [0.29, 0.717) is 12.0 Å². The molecule has 2 aromatic carbocycles. The van der Waals surface area contributed by atoms with E-state index in [1.807, 2.05) is 43.3 Å². The predicted octanol–water partition coefficient (Wildman–Crippen LogP) is 4.80. The number of carbonyl (C=O) groups is 1. The summed E-state index contributed by atoms with van der Waals surface area (Å²) >= 11 is 0. The summed E-state index contributed by atoms with van der Waals surface area (Å²) in [5, 5.41) is 0. The van der Waals surface area contributed by atoms with Crippen LogP contribution in [0.25, 0.3) is 5.57 Å². The van der Waals surface area contributed by atoms with E-state index >= 15 is 0 Å². The number of allylic oxidation sites excluding steroid dienone is 2. The first-order chi connectivity index (χ1) is 12.6. The number of para-hydroxylation sites is 1. The minimum absolute atomic E-state index is 0.00974. The first kappa shape index (κ1) is 18.1. The van der Waals surface area contributed by atoms with Crippen LogP contribution in [-0.2, 0) is 17.8 Å². The summed E-state index contributed by atoms with van der Waals surface area (Å²) in [4.78, 5) is 18.3. The van der Waals surface area contributed by atoms with Gasteiger partial charge in [0.15, 0.2) is 0 Å². The molecule has 134 valence electrons. The normalized spacial score (nSPS) is 14.3. The Kier molecular flexibility index (Phi) is 5.61. The van der Waals surface area contributed by atoms with Crippen molar-refractivity contribution in [2.24, 2.45) is 4.99 Å². The van der Waals surface area contributed by atoms with Gasteiger partial charge in [-0.2, -0.15) is 0 Å². The largest absolute Gasteiger partial charge is 0.307 e. The van der Waals surface area contributed by atoms with Gasteiger partial charge in [-0.25, -0.2) is 4.39 Å². The first-order valence-electron chi connectivity index (χ1n) is 8.97. The van der Waals surface area contributed by atoms with Crippen molar-refractivity contribution in [1.29, 1.82) is 0 Å². The number of anilines is 1. The van der Waals surface area contributed by atoms with E-state index < -0.39 is 0 Å². The molecule has 0 saturated carbocycles. The molecule has 0 N–H and O–H groups in total. The van der Waals surface area contributed by atoms with Crippen LogP contribution in [0, 0.1) is 5.82 Å². The molecule has 3 rings (SSSR count). The summed E-state index contributed by atoms with van der Waals surface area (Å²) in [7, 11) is 0. The Hall–Kier alpha value is -2.75. The molecule has 0 bridgehead atoms. The fourth-order valence-electron chi connectivity index (χ4n) is 3.12.